The molecule has 3 unspecified atom stereocenters. The van der Waals surface area contributed by atoms with Crippen molar-refractivity contribution in [2.24, 2.45) is 23.7 Å². The predicted octanol–water partition coefficient (Wildman–Crippen LogP) is 2.47. The maximum atomic E-state index is 14.0. The van der Waals surface area contributed by atoms with Crippen molar-refractivity contribution < 1.29 is 28.6 Å². The molecule has 0 spiro atoms. The van der Waals surface area contributed by atoms with Crippen LogP contribution in [-0.2, 0) is 9.53 Å². The number of aromatic nitrogens is 3. The molecule has 2 aliphatic carbocycles. The molecule has 2 heterocycles. The van der Waals surface area contributed by atoms with Crippen molar-refractivity contribution in [1.29, 1.82) is 0 Å². The summed E-state index contributed by atoms with van der Waals surface area (Å²) in [7, 11) is 0. The first-order valence-electron chi connectivity index (χ1n) is 10.7. The third-order valence-corrected chi connectivity index (χ3v) is 6.84. The highest BCUT2D eigenvalue weighted by molar-refractivity contribution is 5.96. The summed E-state index contributed by atoms with van der Waals surface area (Å²) in [6.07, 6.45) is 5.50. The van der Waals surface area contributed by atoms with Crippen LogP contribution < -0.4 is 5.32 Å². The van der Waals surface area contributed by atoms with E-state index in [0.29, 0.717) is 6.42 Å². The molecule has 170 valence electrons. The van der Waals surface area contributed by atoms with Crippen molar-refractivity contribution in [3.63, 3.8) is 0 Å². The normalized spacial score (nSPS) is 27.0. The number of nitrogens with one attached hydrogen (secondary N) is 1. The average Bonchev–Trinajstić information content (AvgIpc) is 3.35. The van der Waals surface area contributed by atoms with Gasteiger partial charge in [0.15, 0.2) is 17.2 Å². The second kappa shape index (κ2) is 8.68. The Morgan fingerprint density at radius 2 is 2.06 bits per heavy atom. The van der Waals surface area contributed by atoms with Gasteiger partial charge in [0.25, 0.3) is 5.91 Å². The minimum atomic E-state index is -1.36. The minimum absolute atomic E-state index is 0.0884. The molecule has 4 rings (SSSR count). The smallest absolute Gasteiger partial charge is 0.354 e. The molecule has 2 fully saturated rings. The Morgan fingerprint density at radius 1 is 1.31 bits per heavy atom. The van der Waals surface area contributed by atoms with Gasteiger partial charge >= 0.3 is 11.9 Å². The molecule has 2 N–H and O–H groups in total. The summed E-state index contributed by atoms with van der Waals surface area (Å²) in [4.78, 5) is 40.5. The molecule has 2 aliphatic rings. The highest BCUT2D eigenvalue weighted by atomic mass is 19.1. The van der Waals surface area contributed by atoms with Crippen LogP contribution in [0.25, 0.3) is 5.65 Å². The van der Waals surface area contributed by atoms with E-state index in [1.54, 1.807) is 6.08 Å². The van der Waals surface area contributed by atoms with E-state index < -0.39 is 23.4 Å². The number of esters is 1. The number of fused-ring (bicyclic) bond motifs is 2. The number of nitrogens with zero attached hydrogens (tertiary/aromatic N) is 3. The van der Waals surface area contributed by atoms with E-state index in [-0.39, 0.29) is 53.6 Å². The Kier molecular flexibility index (Phi) is 5.94. The fourth-order valence-electron chi connectivity index (χ4n) is 5.31. The number of carboxylic acid groups (broad SMARTS) is 1. The monoisotopic (exact) mass is 444 g/mol. The molecule has 0 saturated heterocycles. The lowest BCUT2D eigenvalue weighted by atomic mass is 9.68. The van der Waals surface area contributed by atoms with Crippen LogP contribution >= 0.6 is 0 Å². The zero-order valence-corrected chi connectivity index (χ0v) is 17.7. The molecule has 0 bridgehead atoms. The molecular weight excluding hydrogens is 419 g/mol. The van der Waals surface area contributed by atoms with Crippen LogP contribution in [0.2, 0.25) is 0 Å². The number of ether oxygens (including phenoxy) is 1. The Hall–Kier alpha value is -3.30. The lowest BCUT2D eigenvalue weighted by Gasteiger charge is -2.38. The van der Waals surface area contributed by atoms with E-state index >= 15 is 0 Å². The van der Waals surface area contributed by atoms with Crippen molar-refractivity contribution in [3.8, 4) is 0 Å². The number of carboxylic acids is 1. The number of amides is 1. The van der Waals surface area contributed by atoms with Gasteiger partial charge in [-0.3, -0.25) is 9.59 Å². The van der Waals surface area contributed by atoms with Gasteiger partial charge in [-0.2, -0.15) is 5.10 Å². The Balaban J connectivity index is 1.51. The van der Waals surface area contributed by atoms with E-state index in [2.05, 4.69) is 28.9 Å². The summed E-state index contributed by atoms with van der Waals surface area (Å²) in [5.41, 5.74) is -0.834. The summed E-state index contributed by atoms with van der Waals surface area (Å²) in [6.45, 7) is 5.82. The van der Waals surface area contributed by atoms with E-state index in [9.17, 15) is 23.9 Å². The van der Waals surface area contributed by atoms with Crippen LogP contribution in [0.1, 0.15) is 53.6 Å². The molecule has 0 radical (unpaired) electrons. The quantitative estimate of drug-likeness (QED) is 0.518. The van der Waals surface area contributed by atoms with E-state index in [1.165, 1.54) is 0 Å². The number of carbonyl (C=O) groups excluding carboxylic acids is 2. The third-order valence-electron chi connectivity index (χ3n) is 6.84. The maximum absolute atomic E-state index is 14.0. The van der Waals surface area contributed by atoms with Crippen LogP contribution in [-0.4, -0.2) is 50.2 Å². The van der Waals surface area contributed by atoms with Gasteiger partial charge in [-0.25, -0.2) is 18.7 Å². The number of hydrogen-bond acceptors (Lipinski definition) is 6. The van der Waals surface area contributed by atoms with Crippen molar-refractivity contribution in [2.45, 2.75) is 38.6 Å². The van der Waals surface area contributed by atoms with Crippen LogP contribution in [0, 0.1) is 29.5 Å². The zero-order valence-electron chi connectivity index (χ0n) is 17.7. The molecule has 9 nitrogen and oxygen atoms in total. The number of halogens is 1. The lowest BCUT2D eigenvalue weighted by Crippen LogP contribution is -2.44. The van der Waals surface area contributed by atoms with Crippen molar-refractivity contribution in [1.82, 2.24) is 19.9 Å². The number of carbonyl (C=O) groups is 3. The van der Waals surface area contributed by atoms with Crippen molar-refractivity contribution >= 4 is 23.5 Å². The SMILES string of the molecule is C=CCOC(=O)[C@H]1CCC2C(CC[C@@H]2NC(=O)c2cc(C(=O)O)nc3c(F)cnn23)C1C. The Morgan fingerprint density at radius 3 is 2.78 bits per heavy atom. The number of rotatable bonds is 6. The third kappa shape index (κ3) is 3.85. The van der Waals surface area contributed by atoms with Gasteiger partial charge in [-0.15, -0.1) is 0 Å². The summed E-state index contributed by atoms with van der Waals surface area (Å²) >= 11 is 0. The second-order valence-corrected chi connectivity index (χ2v) is 8.51. The number of aromatic carboxylic acids is 1. The number of hydrogen-bond donors (Lipinski definition) is 2. The topological polar surface area (TPSA) is 123 Å². The van der Waals surface area contributed by atoms with Crippen LogP contribution in [0.4, 0.5) is 4.39 Å². The molecule has 10 heteroatoms. The van der Waals surface area contributed by atoms with Gasteiger partial charge in [-0.05, 0) is 43.4 Å². The molecule has 1 amide bonds. The summed E-state index contributed by atoms with van der Waals surface area (Å²) in [5.74, 6) is -2.49. The summed E-state index contributed by atoms with van der Waals surface area (Å²) in [6, 6.07) is 0.968. The molecule has 2 aromatic heterocycles. The summed E-state index contributed by atoms with van der Waals surface area (Å²) < 4.78 is 20.2. The first-order chi connectivity index (χ1) is 15.3. The van der Waals surface area contributed by atoms with Gasteiger partial charge in [0.05, 0.1) is 12.1 Å². The van der Waals surface area contributed by atoms with Gasteiger partial charge in [0.1, 0.15) is 12.3 Å². The van der Waals surface area contributed by atoms with Gasteiger partial charge < -0.3 is 15.2 Å². The van der Waals surface area contributed by atoms with Crippen molar-refractivity contribution in [2.75, 3.05) is 6.61 Å². The van der Waals surface area contributed by atoms with Gasteiger partial charge in [-0.1, -0.05) is 19.6 Å². The van der Waals surface area contributed by atoms with Crippen LogP contribution in [0.15, 0.2) is 24.9 Å². The highest BCUT2D eigenvalue weighted by Gasteiger charge is 2.47. The van der Waals surface area contributed by atoms with Crippen LogP contribution in [0.3, 0.4) is 0 Å². The molecule has 2 saturated carbocycles. The fraction of sp³-hybridized carbons (Fsp3) is 0.500. The minimum Gasteiger partial charge on any atom is -0.477 e. The maximum Gasteiger partial charge on any atom is 0.354 e. The Bertz CT molecular complexity index is 1080. The predicted molar refractivity (Wildman–Crippen MR) is 110 cm³/mol. The first-order valence-corrected chi connectivity index (χ1v) is 10.7. The van der Waals surface area contributed by atoms with Gasteiger partial charge in [0, 0.05) is 12.1 Å². The highest BCUT2D eigenvalue weighted by Crippen LogP contribution is 2.48. The molecular formula is C22H25FN4O5. The van der Waals surface area contributed by atoms with Crippen molar-refractivity contribution in [3.05, 3.63) is 42.1 Å². The van der Waals surface area contributed by atoms with Gasteiger partial charge in [0.2, 0.25) is 0 Å². The van der Waals surface area contributed by atoms with E-state index in [4.69, 9.17) is 4.74 Å². The standard InChI is InChI=1S/C22H25FN4O5/c1-3-8-32-22(31)13-4-5-14-12(11(13)2)6-7-16(14)26-20(28)18-9-17(21(29)30)25-19-15(23)10-24-27(18)19/h3,9-14,16H,1,4-8H2,2H3,(H,26,28)(H,29,30)/t11?,12?,13-,14?,16-/m0/s1. The molecule has 0 aliphatic heterocycles. The molecule has 32 heavy (non-hydrogen) atoms. The fourth-order valence-corrected chi connectivity index (χ4v) is 5.31. The van der Waals surface area contributed by atoms with Crippen LogP contribution in [0.5, 0.6) is 0 Å². The molecule has 5 atom stereocenters. The van der Waals surface area contributed by atoms with E-state index in [1.807, 2.05) is 0 Å². The zero-order chi connectivity index (χ0) is 23.0. The largest absolute Gasteiger partial charge is 0.477 e. The Labute approximate surface area is 183 Å². The van der Waals surface area contributed by atoms with E-state index in [0.717, 1.165) is 36.0 Å². The lowest BCUT2D eigenvalue weighted by molar-refractivity contribution is -0.152. The first kappa shape index (κ1) is 21.9. The summed E-state index contributed by atoms with van der Waals surface area (Å²) in [5, 5.41) is 16.1. The molecule has 2 aromatic rings. The second-order valence-electron chi connectivity index (χ2n) is 8.51. The molecule has 0 aromatic carbocycles. The average molecular weight is 444 g/mol.